The minimum absolute atomic E-state index is 0.114. The van der Waals surface area contributed by atoms with Crippen LogP contribution < -0.4 is 5.32 Å². The summed E-state index contributed by atoms with van der Waals surface area (Å²) in [7, 11) is 0. The zero-order valence-electron chi connectivity index (χ0n) is 12.7. The van der Waals surface area contributed by atoms with Gasteiger partial charge in [0.2, 0.25) is 0 Å². The van der Waals surface area contributed by atoms with E-state index in [1.54, 1.807) is 0 Å². The van der Waals surface area contributed by atoms with E-state index < -0.39 is 5.97 Å². The van der Waals surface area contributed by atoms with Crippen molar-refractivity contribution in [2.75, 3.05) is 6.54 Å². The molecule has 2 atom stereocenters. The highest BCUT2D eigenvalue weighted by Gasteiger charge is 2.50. The van der Waals surface area contributed by atoms with E-state index in [1.165, 1.54) is 12.0 Å². The lowest BCUT2D eigenvalue weighted by Gasteiger charge is -2.28. The molecule has 0 unspecified atom stereocenters. The molecule has 0 bridgehead atoms. The lowest BCUT2D eigenvalue weighted by Crippen LogP contribution is -2.37. The molecule has 114 valence electrons. The molecule has 0 radical (unpaired) electrons. The molecule has 2 N–H and O–H groups in total. The molecule has 0 amide bonds. The second-order valence-corrected chi connectivity index (χ2v) is 7.09. The first-order valence-electron chi connectivity index (χ1n) is 8.10. The highest BCUT2D eigenvalue weighted by atomic mass is 16.4. The average Bonchev–Trinajstić information content (AvgIpc) is 3.19. The molecule has 0 saturated heterocycles. The summed E-state index contributed by atoms with van der Waals surface area (Å²) < 4.78 is 0. The van der Waals surface area contributed by atoms with Gasteiger partial charge in [0.05, 0.1) is 5.92 Å². The van der Waals surface area contributed by atoms with E-state index in [2.05, 4.69) is 42.6 Å². The molecular formula is C18H25NO2. The van der Waals surface area contributed by atoms with Gasteiger partial charge in [-0.2, -0.15) is 0 Å². The summed E-state index contributed by atoms with van der Waals surface area (Å²) in [4.78, 5) is 11.0. The van der Waals surface area contributed by atoms with Crippen molar-refractivity contribution in [3.8, 4) is 0 Å². The maximum atomic E-state index is 11.0. The van der Waals surface area contributed by atoms with E-state index in [0.717, 1.165) is 32.2 Å². The molecule has 0 aromatic heterocycles. The third kappa shape index (κ3) is 3.29. The van der Waals surface area contributed by atoms with Crippen LogP contribution in [0.15, 0.2) is 30.3 Å². The van der Waals surface area contributed by atoms with Crippen LogP contribution in [0.4, 0.5) is 0 Å². The summed E-state index contributed by atoms with van der Waals surface area (Å²) in [5.41, 5.74) is 1.83. The lowest BCUT2D eigenvalue weighted by molar-refractivity contribution is -0.142. The van der Waals surface area contributed by atoms with E-state index in [-0.39, 0.29) is 5.92 Å². The van der Waals surface area contributed by atoms with Crippen molar-refractivity contribution in [3.05, 3.63) is 35.9 Å². The largest absolute Gasteiger partial charge is 0.481 e. The number of hydrogen-bond acceptors (Lipinski definition) is 2. The average molecular weight is 287 g/mol. The van der Waals surface area contributed by atoms with Gasteiger partial charge in [-0.3, -0.25) is 4.79 Å². The van der Waals surface area contributed by atoms with Crippen molar-refractivity contribution in [2.24, 2.45) is 11.3 Å². The molecule has 1 aromatic rings. The topological polar surface area (TPSA) is 49.3 Å². The summed E-state index contributed by atoms with van der Waals surface area (Å²) in [6.45, 7) is 3.41. The smallest absolute Gasteiger partial charge is 0.306 e. The van der Waals surface area contributed by atoms with Crippen LogP contribution in [0.25, 0.3) is 0 Å². The van der Waals surface area contributed by atoms with Gasteiger partial charge in [-0.25, -0.2) is 0 Å². The Morgan fingerprint density at radius 2 is 1.90 bits per heavy atom. The fraction of sp³-hybridized carbons (Fsp3) is 0.611. The Morgan fingerprint density at radius 3 is 2.52 bits per heavy atom. The van der Waals surface area contributed by atoms with Gasteiger partial charge >= 0.3 is 5.97 Å². The lowest BCUT2D eigenvalue weighted by atomic mass is 9.86. The number of carboxylic acids is 1. The van der Waals surface area contributed by atoms with E-state index in [4.69, 9.17) is 5.11 Å². The van der Waals surface area contributed by atoms with Crippen LogP contribution in [0.2, 0.25) is 0 Å². The van der Waals surface area contributed by atoms with Crippen molar-refractivity contribution >= 4 is 5.97 Å². The summed E-state index contributed by atoms with van der Waals surface area (Å²) in [5.74, 6) is -0.0510. The van der Waals surface area contributed by atoms with Crippen LogP contribution >= 0.6 is 0 Å². The molecule has 2 saturated carbocycles. The summed E-state index contributed by atoms with van der Waals surface area (Å²) >= 11 is 0. The van der Waals surface area contributed by atoms with Crippen LogP contribution in [0, 0.1) is 11.3 Å². The van der Waals surface area contributed by atoms with Gasteiger partial charge in [-0.15, -0.1) is 0 Å². The predicted octanol–water partition coefficient (Wildman–Crippen LogP) is 3.41. The quantitative estimate of drug-likeness (QED) is 0.872. The molecule has 0 heterocycles. The minimum Gasteiger partial charge on any atom is -0.481 e. The Labute approximate surface area is 126 Å². The van der Waals surface area contributed by atoms with Gasteiger partial charge in [0, 0.05) is 12.6 Å². The second-order valence-electron chi connectivity index (χ2n) is 7.09. The maximum Gasteiger partial charge on any atom is 0.306 e. The van der Waals surface area contributed by atoms with Crippen molar-refractivity contribution in [1.29, 1.82) is 0 Å². The van der Waals surface area contributed by atoms with Gasteiger partial charge in [-0.1, -0.05) is 37.3 Å². The van der Waals surface area contributed by atoms with Crippen molar-refractivity contribution < 1.29 is 9.90 Å². The van der Waals surface area contributed by atoms with Crippen LogP contribution in [0.3, 0.4) is 0 Å². The number of carboxylic acid groups (broad SMARTS) is 1. The predicted molar refractivity (Wildman–Crippen MR) is 83.3 cm³/mol. The third-order valence-electron chi connectivity index (χ3n) is 5.42. The zero-order valence-corrected chi connectivity index (χ0v) is 12.7. The normalized spacial score (nSPS) is 35.4. The monoisotopic (exact) mass is 287 g/mol. The minimum atomic E-state index is -0.619. The third-order valence-corrected chi connectivity index (χ3v) is 5.42. The summed E-state index contributed by atoms with van der Waals surface area (Å²) in [6, 6.07) is 11.3. The Bertz CT molecular complexity index is 493. The number of hydrogen-bond donors (Lipinski definition) is 2. The van der Waals surface area contributed by atoms with Crippen molar-refractivity contribution in [3.63, 3.8) is 0 Å². The molecule has 2 aliphatic rings. The standard InChI is InChI=1S/C18H25NO2/c1-18(11-16(18)13-5-3-2-4-6-13)12-19-15-9-7-14(8-10-15)17(20)21/h2-6,14-16,19H,7-12H2,1H3,(H,20,21)/t14?,15?,16-,18-/m0/s1. The molecule has 21 heavy (non-hydrogen) atoms. The molecule has 3 nitrogen and oxygen atoms in total. The van der Waals surface area contributed by atoms with Gasteiger partial charge in [-0.05, 0) is 49.0 Å². The molecule has 0 aliphatic heterocycles. The molecule has 1 aromatic carbocycles. The highest BCUT2D eigenvalue weighted by Crippen LogP contribution is 2.58. The van der Waals surface area contributed by atoms with Gasteiger partial charge < -0.3 is 10.4 Å². The van der Waals surface area contributed by atoms with E-state index in [0.29, 0.717) is 17.4 Å². The van der Waals surface area contributed by atoms with Crippen LogP contribution in [-0.2, 0) is 4.79 Å². The number of nitrogens with one attached hydrogen (secondary N) is 1. The SMILES string of the molecule is C[C@@]1(CNC2CCC(C(=O)O)CC2)C[C@H]1c1ccccc1. The number of aliphatic carboxylic acids is 1. The summed E-state index contributed by atoms with van der Waals surface area (Å²) in [6.07, 6.45) is 4.91. The molecule has 2 fully saturated rings. The first-order chi connectivity index (χ1) is 10.1. The van der Waals surface area contributed by atoms with E-state index in [9.17, 15) is 4.79 Å². The Hall–Kier alpha value is -1.35. The zero-order chi connectivity index (χ0) is 14.9. The second kappa shape index (κ2) is 5.80. The first kappa shape index (κ1) is 14.6. The fourth-order valence-corrected chi connectivity index (χ4v) is 3.73. The van der Waals surface area contributed by atoms with Gasteiger partial charge in [0.25, 0.3) is 0 Å². The highest BCUT2D eigenvalue weighted by molar-refractivity contribution is 5.70. The molecular weight excluding hydrogens is 262 g/mol. The summed E-state index contributed by atoms with van der Waals surface area (Å²) in [5, 5.41) is 12.7. The number of benzene rings is 1. The molecule has 3 heteroatoms. The van der Waals surface area contributed by atoms with Crippen LogP contribution in [0.1, 0.15) is 50.5 Å². The fourth-order valence-electron chi connectivity index (χ4n) is 3.73. The number of carbonyl (C=O) groups is 1. The van der Waals surface area contributed by atoms with Crippen LogP contribution in [-0.4, -0.2) is 23.7 Å². The molecule has 3 rings (SSSR count). The van der Waals surface area contributed by atoms with Crippen LogP contribution in [0.5, 0.6) is 0 Å². The first-order valence-corrected chi connectivity index (χ1v) is 8.10. The van der Waals surface area contributed by atoms with Gasteiger partial charge in [0.15, 0.2) is 0 Å². The molecule has 0 spiro atoms. The van der Waals surface area contributed by atoms with Gasteiger partial charge in [0.1, 0.15) is 0 Å². The van der Waals surface area contributed by atoms with Crippen molar-refractivity contribution in [1.82, 2.24) is 5.32 Å². The van der Waals surface area contributed by atoms with Crippen molar-refractivity contribution in [2.45, 2.75) is 51.0 Å². The maximum absolute atomic E-state index is 11.0. The molecule has 2 aliphatic carbocycles. The van der Waals surface area contributed by atoms with E-state index in [1.807, 2.05) is 0 Å². The van der Waals surface area contributed by atoms with E-state index >= 15 is 0 Å². The Morgan fingerprint density at radius 1 is 1.24 bits per heavy atom. The Balaban J connectivity index is 1.46. The Kier molecular flexibility index (Phi) is 4.03. The number of rotatable bonds is 5.